The third-order valence-corrected chi connectivity index (χ3v) is 9.19. The number of carbonyl (C=O) groups excluding carboxylic acids is 4. The smallest absolute Gasteiger partial charge is 0.316 e. The van der Waals surface area contributed by atoms with Crippen molar-refractivity contribution in [2.75, 3.05) is 21.2 Å². The van der Waals surface area contributed by atoms with Crippen molar-refractivity contribution in [3.8, 4) is 0 Å². The Kier molecular flexibility index (Phi) is 13.3. The molecule has 0 saturated carbocycles. The van der Waals surface area contributed by atoms with E-state index in [1.54, 1.807) is 27.7 Å². The van der Waals surface area contributed by atoms with E-state index < -0.39 is 71.3 Å². The van der Waals surface area contributed by atoms with Gasteiger partial charge in [0.1, 0.15) is 17.6 Å². The van der Waals surface area contributed by atoms with Crippen LogP contribution in [0.1, 0.15) is 88.0 Å². The third-order valence-electron chi connectivity index (χ3n) is 9.19. The van der Waals surface area contributed by atoms with Crippen LogP contribution in [0.3, 0.4) is 0 Å². The van der Waals surface area contributed by atoms with E-state index in [2.05, 4.69) is 0 Å². The third kappa shape index (κ3) is 8.75. The molecule has 2 aliphatic heterocycles. The maximum atomic E-state index is 14.0. The minimum atomic E-state index is -1.64. The van der Waals surface area contributed by atoms with E-state index in [0.29, 0.717) is 18.4 Å². The molecule has 11 atom stereocenters. The van der Waals surface area contributed by atoms with Gasteiger partial charge in [-0.2, -0.15) is 0 Å². The largest absolute Gasteiger partial charge is 0.458 e. The van der Waals surface area contributed by atoms with Crippen LogP contribution in [0.15, 0.2) is 11.6 Å². The lowest BCUT2D eigenvalue weighted by atomic mass is 9.76. The van der Waals surface area contributed by atoms with Gasteiger partial charge >= 0.3 is 11.9 Å². The molecule has 11 nitrogen and oxygen atoms in total. The molecule has 11 heteroatoms. The first-order valence-electron chi connectivity index (χ1n) is 15.8. The molecular formula is C33H55NO10. The highest BCUT2D eigenvalue weighted by molar-refractivity contribution is 6.00. The summed E-state index contributed by atoms with van der Waals surface area (Å²) in [5.74, 6) is -4.68. The van der Waals surface area contributed by atoms with Gasteiger partial charge in [0.25, 0.3) is 0 Å². The molecular weight excluding hydrogens is 570 g/mol. The number of ether oxygens (including phenoxy) is 5. The maximum absolute atomic E-state index is 14.0. The van der Waals surface area contributed by atoms with Gasteiger partial charge in [0, 0.05) is 25.9 Å². The molecule has 0 aromatic heterocycles. The van der Waals surface area contributed by atoms with Crippen molar-refractivity contribution in [3.63, 3.8) is 0 Å². The normalized spacial score (nSPS) is 39.8. The number of hydrogen-bond donors (Lipinski definition) is 1. The highest BCUT2D eigenvalue weighted by Gasteiger charge is 2.50. The fraction of sp³-hybridized carbons (Fsp3) is 0.818. The number of Topliss-reactive ketones (excluding diaryl/α,β-unsaturated/α-hetero) is 2. The minimum Gasteiger partial charge on any atom is -0.458 e. The lowest BCUT2D eigenvalue weighted by Crippen LogP contribution is -2.60. The Morgan fingerprint density at radius 3 is 2.23 bits per heavy atom. The van der Waals surface area contributed by atoms with Crippen molar-refractivity contribution in [2.45, 2.75) is 136 Å². The number of methoxy groups -OCH3 is 1. The van der Waals surface area contributed by atoms with Crippen molar-refractivity contribution >= 4 is 23.5 Å². The molecule has 252 valence electrons. The zero-order chi connectivity index (χ0) is 33.7. The molecule has 44 heavy (non-hydrogen) atoms. The Morgan fingerprint density at radius 1 is 1.11 bits per heavy atom. The number of rotatable bonds is 7. The number of hydrogen-bond acceptors (Lipinski definition) is 11. The highest BCUT2D eigenvalue weighted by Crippen LogP contribution is 2.38. The van der Waals surface area contributed by atoms with Crippen LogP contribution < -0.4 is 0 Å². The fourth-order valence-electron chi connectivity index (χ4n) is 6.54. The summed E-state index contributed by atoms with van der Waals surface area (Å²) in [6.07, 6.45) is -1.34. The lowest BCUT2D eigenvalue weighted by molar-refractivity contribution is -0.297. The second kappa shape index (κ2) is 15.4. The zero-order valence-electron chi connectivity index (χ0n) is 28.7. The van der Waals surface area contributed by atoms with Crippen LogP contribution in [0.4, 0.5) is 0 Å². The van der Waals surface area contributed by atoms with Crippen molar-refractivity contribution in [1.29, 1.82) is 0 Å². The van der Waals surface area contributed by atoms with E-state index in [1.165, 1.54) is 34.0 Å². The van der Waals surface area contributed by atoms with Gasteiger partial charge in [-0.05, 0) is 79.1 Å². The van der Waals surface area contributed by atoms with Gasteiger partial charge in [-0.15, -0.1) is 0 Å². The number of nitrogens with zero attached hydrogens (tertiary/aromatic N) is 1. The standard InChI is InChI=1S/C33H55NO10/c1-13-23-17-32(8,39)25(14-2)43-30(38)21(6)27(37)20(5)29(33(9,40-12)16-18(3)26(23)36)44-31-28(42-22(7)35)24(34(10)11)15-19(4)41-31/h17-21,24-25,28-29,31,39H,13-16H2,1-12H3/t18-,19-,20+,21-,24+,25-,28-,29-,31?,32+,33+/m1/s1. The Bertz CT molecular complexity index is 1070. The SMILES string of the molecule is CCC1=C[C@](C)(O)[C@@H](CC)OC(=O)[C@H](C)C(=O)[C@H](C)[C@@H](OC2O[C@H](C)C[C@H](N(C)C)[C@H]2OC(C)=O)[C@@](C)(OC)C[C@@H](C)C1=O. The van der Waals surface area contributed by atoms with Crippen LogP contribution in [0.2, 0.25) is 0 Å². The number of likely N-dealkylation sites (N-methyl/N-ethyl adjacent to an activating group) is 1. The topological polar surface area (TPSA) is 138 Å². The first kappa shape index (κ1) is 38.0. The molecule has 2 heterocycles. The Balaban J connectivity index is 2.71. The summed E-state index contributed by atoms with van der Waals surface area (Å²) in [4.78, 5) is 55.2. The van der Waals surface area contributed by atoms with Gasteiger partial charge in [-0.25, -0.2) is 0 Å². The lowest BCUT2D eigenvalue weighted by Gasteiger charge is -2.47. The van der Waals surface area contributed by atoms with E-state index in [-0.39, 0.29) is 30.8 Å². The molecule has 0 aliphatic carbocycles. The molecule has 2 rings (SSSR count). The first-order chi connectivity index (χ1) is 20.3. The molecule has 1 saturated heterocycles. The molecule has 0 aromatic carbocycles. The van der Waals surface area contributed by atoms with E-state index in [4.69, 9.17) is 23.7 Å². The summed E-state index contributed by atoms with van der Waals surface area (Å²) in [7, 11) is 5.24. The van der Waals surface area contributed by atoms with E-state index in [0.717, 1.165) is 0 Å². The van der Waals surface area contributed by atoms with Crippen LogP contribution in [0, 0.1) is 17.8 Å². The molecule has 0 bridgehead atoms. The zero-order valence-corrected chi connectivity index (χ0v) is 28.7. The number of esters is 2. The average molecular weight is 626 g/mol. The van der Waals surface area contributed by atoms with Crippen molar-refractivity contribution in [3.05, 3.63) is 11.6 Å². The van der Waals surface area contributed by atoms with E-state index >= 15 is 0 Å². The van der Waals surface area contributed by atoms with Gasteiger partial charge in [0.15, 0.2) is 24.0 Å². The summed E-state index contributed by atoms with van der Waals surface area (Å²) in [5.41, 5.74) is -2.47. The van der Waals surface area contributed by atoms with Crippen molar-refractivity contribution in [2.24, 2.45) is 17.8 Å². The van der Waals surface area contributed by atoms with Gasteiger partial charge < -0.3 is 33.7 Å². The first-order valence-corrected chi connectivity index (χ1v) is 15.8. The predicted octanol–water partition coefficient (Wildman–Crippen LogP) is 3.63. The molecule has 0 spiro atoms. The second-order valence-electron chi connectivity index (χ2n) is 13.2. The van der Waals surface area contributed by atoms with Crippen molar-refractivity contribution < 1.29 is 48.0 Å². The summed E-state index contributed by atoms with van der Waals surface area (Å²) in [6.45, 7) is 14.9. The number of cyclic esters (lactones) is 1. The van der Waals surface area contributed by atoms with Crippen LogP contribution in [-0.4, -0.2) is 103 Å². The average Bonchev–Trinajstić information content (AvgIpc) is 2.95. The molecule has 0 amide bonds. The van der Waals surface area contributed by atoms with Crippen LogP contribution in [-0.2, 0) is 42.9 Å². The monoisotopic (exact) mass is 625 g/mol. The fourth-order valence-corrected chi connectivity index (χ4v) is 6.54. The van der Waals surface area contributed by atoms with Crippen molar-refractivity contribution in [1.82, 2.24) is 4.90 Å². The second-order valence-corrected chi connectivity index (χ2v) is 13.2. The van der Waals surface area contributed by atoms with Gasteiger partial charge in [0.2, 0.25) is 0 Å². The molecule has 2 aliphatic rings. The van der Waals surface area contributed by atoms with E-state index in [9.17, 15) is 24.3 Å². The van der Waals surface area contributed by atoms with Gasteiger partial charge in [-0.1, -0.05) is 27.7 Å². The summed E-state index contributed by atoms with van der Waals surface area (Å²) >= 11 is 0. The maximum Gasteiger partial charge on any atom is 0.316 e. The van der Waals surface area contributed by atoms with Gasteiger partial charge in [0.05, 0.1) is 23.9 Å². The number of allylic oxidation sites excluding steroid dienone is 1. The molecule has 0 radical (unpaired) electrons. The van der Waals surface area contributed by atoms with Gasteiger partial charge in [-0.3, -0.25) is 19.2 Å². The number of aliphatic hydroxyl groups is 1. The summed E-state index contributed by atoms with van der Waals surface area (Å²) < 4.78 is 30.4. The minimum absolute atomic E-state index is 0.151. The molecule has 1 N–H and O–H groups in total. The summed E-state index contributed by atoms with van der Waals surface area (Å²) in [6, 6.07) is -0.239. The van der Waals surface area contributed by atoms with Crippen LogP contribution in [0.25, 0.3) is 0 Å². The quantitative estimate of drug-likeness (QED) is 0.328. The van der Waals surface area contributed by atoms with Crippen LogP contribution in [0.5, 0.6) is 0 Å². The molecule has 0 aromatic rings. The number of carbonyl (C=O) groups is 4. The number of ketones is 2. The predicted molar refractivity (Wildman–Crippen MR) is 164 cm³/mol. The Morgan fingerprint density at radius 2 is 1.73 bits per heavy atom. The Hall–Kier alpha value is -2.18. The van der Waals surface area contributed by atoms with Crippen LogP contribution >= 0.6 is 0 Å². The Labute approximate surface area is 262 Å². The summed E-state index contributed by atoms with van der Waals surface area (Å²) in [5, 5.41) is 11.3. The molecule has 1 unspecified atom stereocenters. The molecule has 1 fully saturated rings. The van der Waals surface area contributed by atoms with E-state index in [1.807, 2.05) is 32.8 Å². The highest BCUT2D eigenvalue weighted by atomic mass is 16.7.